The summed E-state index contributed by atoms with van der Waals surface area (Å²) >= 11 is -5.69. The third-order valence-corrected chi connectivity index (χ3v) is 0.766. The third-order valence-electron chi connectivity index (χ3n) is 0.200. The Balaban J connectivity index is -0.000000242. The molecular formula is H6INO12S2. The summed E-state index contributed by atoms with van der Waals surface area (Å²) < 4.78 is 92.1. The number of hydrogen-bond acceptors (Lipinski definition) is 11. The van der Waals surface area contributed by atoms with Crippen LogP contribution in [0.25, 0.3) is 0 Å². The van der Waals surface area contributed by atoms with Crippen molar-refractivity contribution in [3.63, 3.8) is 0 Å². The van der Waals surface area contributed by atoms with Crippen molar-refractivity contribution in [1.29, 1.82) is 0 Å². The molecule has 0 aromatic rings. The minimum absolute atomic E-state index is 0. The molecule has 0 aromatic heterocycles. The van der Waals surface area contributed by atoms with Gasteiger partial charge in [0.1, 0.15) is 0 Å². The largest absolute Gasteiger partial charge is 0.425 e. The lowest BCUT2D eigenvalue weighted by atomic mass is 14.0. The summed E-state index contributed by atoms with van der Waals surface area (Å²) in [6.07, 6.45) is 0. The van der Waals surface area contributed by atoms with E-state index in [-0.39, 0.29) is 6.15 Å². The van der Waals surface area contributed by atoms with Gasteiger partial charge in [-0.2, -0.15) is 16.8 Å². The van der Waals surface area contributed by atoms with Crippen molar-refractivity contribution in [2.24, 2.45) is 0 Å². The Morgan fingerprint density at radius 2 is 1.00 bits per heavy atom. The Hall–Kier alpha value is 0.270. The molecule has 13 nitrogen and oxygen atoms in total. The highest BCUT2D eigenvalue weighted by Gasteiger charge is 2.13. The first-order chi connectivity index (χ1) is 6.21. The highest BCUT2D eigenvalue weighted by molar-refractivity contribution is 7.83. The van der Waals surface area contributed by atoms with E-state index in [1.807, 2.05) is 0 Å². The molecule has 16 heteroatoms. The summed E-state index contributed by atoms with van der Waals surface area (Å²) in [7, 11) is -10.0. The zero-order chi connectivity index (χ0) is 12.9. The highest BCUT2D eigenvalue weighted by atomic mass is 127. The molecule has 0 saturated carbocycles. The van der Waals surface area contributed by atoms with Crippen LogP contribution in [0.15, 0.2) is 0 Å². The molecule has 0 aliphatic heterocycles. The lowest BCUT2D eigenvalue weighted by Gasteiger charge is -1.93. The van der Waals surface area contributed by atoms with Gasteiger partial charge in [0, 0.05) is 3.44 Å². The number of hydrogen-bond donors (Lipinski definition) is 4. The minimum atomic E-state index is -5.69. The molecule has 0 saturated heterocycles. The third kappa shape index (κ3) is 47.5. The molecule has 0 aromatic carbocycles. The van der Waals surface area contributed by atoms with Crippen molar-refractivity contribution in [1.82, 2.24) is 6.15 Å². The second-order valence-corrected chi connectivity index (χ2v) is 5.63. The monoisotopic (exact) mass is 403 g/mol. The van der Waals surface area contributed by atoms with Gasteiger partial charge in [0.15, 0.2) is 0 Å². The van der Waals surface area contributed by atoms with Gasteiger partial charge in [-0.25, -0.2) is 0 Å². The highest BCUT2D eigenvalue weighted by Crippen LogP contribution is 1.92. The van der Waals surface area contributed by atoms with E-state index in [0.717, 1.165) is 0 Å². The van der Waals surface area contributed by atoms with Crippen LogP contribution >= 0.6 is 0 Å². The van der Waals surface area contributed by atoms with E-state index in [4.69, 9.17) is 22.8 Å². The summed E-state index contributed by atoms with van der Waals surface area (Å²) in [5.41, 5.74) is 0. The molecule has 0 spiro atoms. The first kappa shape index (κ1) is 21.5. The van der Waals surface area contributed by atoms with Gasteiger partial charge in [-0.05, 0) is 0 Å². The van der Waals surface area contributed by atoms with Gasteiger partial charge in [0.05, 0.1) is 0 Å². The van der Waals surface area contributed by atoms with E-state index in [1.165, 1.54) is 0 Å². The molecule has 6 N–H and O–H groups in total. The molecule has 0 unspecified atom stereocenters. The van der Waals surface area contributed by atoms with Crippen molar-refractivity contribution in [3.8, 4) is 0 Å². The van der Waals surface area contributed by atoms with Crippen LogP contribution < -0.4 is 36.6 Å². The fraction of sp³-hybridized carbons (Fsp3) is 0. The van der Waals surface area contributed by atoms with Gasteiger partial charge < -0.3 is 6.15 Å². The summed E-state index contributed by atoms with van der Waals surface area (Å²) in [6, 6.07) is 0. The van der Waals surface area contributed by atoms with Gasteiger partial charge in [-0.15, -0.1) is 0 Å². The molecule has 102 valence electrons. The van der Waals surface area contributed by atoms with Gasteiger partial charge in [-0.1, -0.05) is 8.67 Å². The Morgan fingerprint density at radius 3 is 1.06 bits per heavy atom. The van der Waals surface area contributed by atoms with Crippen LogP contribution in [0.2, 0.25) is 0 Å². The molecule has 0 aliphatic rings. The van der Waals surface area contributed by atoms with Crippen molar-refractivity contribution in [2.75, 3.05) is 0 Å². The Bertz CT molecular complexity index is 318. The van der Waals surface area contributed by atoms with Crippen molar-refractivity contribution in [2.45, 2.75) is 0 Å². The molecule has 0 atom stereocenters. The maximum atomic E-state index is 9.51. The van der Waals surface area contributed by atoms with E-state index in [0.29, 0.717) is 0 Å². The average molecular weight is 403 g/mol. The van der Waals surface area contributed by atoms with Crippen LogP contribution in [0.5, 0.6) is 0 Å². The van der Waals surface area contributed by atoms with Gasteiger partial charge >= 0.3 is 40.9 Å². The Morgan fingerprint density at radius 1 is 0.875 bits per heavy atom. The van der Waals surface area contributed by atoms with Gasteiger partial charge in [0.25, 0.3) is 0 Å². The Labute approximate surface area is 95.4 Å². The van der Waals surface area contributed by atoms with Gasteiger partial charge in [0.2, 0.25) is 0 Å². The maximum absolute atomic E-state index is 9.51. The molecule has 0 heterocycles. The van der Waals surface area contributed by atoms with Crippen molar-refractivity contribution in [3.05, 3.63) is 0 Å². The maximum Gasteiger partial charge on any atom is 0.425 e. The minimum Gasteiger partial charge on any atom is -0.344 e. The van der Waals surface area contributed by atoms with E-state index in [9.17, 15) is 16.8 Å². The van der Waals surface area contributed by atoms with Crippen LogP contribution in [-0.4, -0.2) is 29.4 Å². The molecule has 0 radical (unpaired) electrons. The van der Waals surface area contributed by atoms with Crippen LogP contribution in [0.3, 0.4) is 0 Å². The summed E-state index contributed by atoms with van der Waals surface area (Å²) in [5.74, 6) is 0. The van der Waals surface area contributed by atoms with Crippen LogP contribution in [0.4, 0.5) is 0 Å². The predicted octanol–water partition coefficient (Wildman–Crippen LogP) is -8.42. The molecule has 0 fully saturated rings. The van der Waals surface area contributed by atoms with Crippen LogP contribution in [-0.2, 0) is 29.5 Å². The lowest BCUT2D eigenvalue weighted by Crippen LogP contribution is -4.23. The van der Waals surface area contributed by atoms with E-state index >= 15 is 0 Å². The fourth-order valence-electron chi connectivity index (χ4n) is 0.0702. The van der Waals surface area contributed by atoms with Gasteiger partial charge in [-0.3, -0.25) is 19.4 Å². The fourth-order valence-corrected chi connectivity index (χ4v) is 0.632. The SMILES string of the molecule is N.O=S(=O)(O)OOS(=O)(=O)O.[O-][I+3]([O-])([O-])O. The predicted molar refractivity (Wildman–Crippen MR) is 32.5 cm³/mol. The topological polar surface area (TPSA) is 252 Å². The summed E-state index contributed by atoms with van der Waals surface area (Å²) in [4.78, 5) is 0. The molecule has 0 amide bonds. The first-order valence-electron chi connectivity index (χ1n) is 2.16. The second-order valence-electron chi connectivity index (χ2n) is 1.39. The zero-order valence-electron chi connectivity index (χ0n) is 6.92. The number of rotatable bonds is 3. The molecule has 0 bridgehead atoms. The quantitative estimate of drug-likeness (QED) is 0.148. The normalized spacial score (nSPS) is 12.1. The first-order valence-corrected chi connectivity index (χ1v) is 8.50. The molecule has 0 rings (SSSR count). The smallest absolute Gasteiger partial charge is 0.344 e. The van der Waals surface area contributed by atoms with E-state index in [1.54, 1.807) is 0 Å². The summed E-state index contributed by atoms with van der Waals surface area (Å²) in [5, 5.41) is 0. The van der Waals surface area contributed by atoms with E-state index in [2.05, 4.69) is 8.67 Å². The summed E-state index contributed by atoms with van der Waals surface area (Å²) in [6.45, 7) is 0. The number of halogens is 1. The average Bonchev–Trinajstić information content (AvgIpc) is 1.76. The Kier molecular flexibility index (Phi) is 10.2. The molecular weight excluding hydrogens is 397 g/mol. The molecule has 0 aliphatic carbocycles. The zero-order valence-corrected chi connectivity index (χ0v) is 10.7. The molecule has 16 heavy (non-hydrogen) atoms. The lowest BCUT2D eigenvalue weighted by molar-refractivity contribution is -1.92. The van der Waals surface area contributed by atoms with Crippen LogP contribution in [0.1, 0.15) is 0 Å². The van der Waals surface area contributed by atoms with Crippen molar-refractivity contribution >= 4 is 20.8 Å². The van der Waals surface area contributed by atoms with Crippen LogP contribution in [0, 0.1) is 0 Å². The van der Waals surface area contributed by atoms with Crippen molar-refractivity contribution < 1.29 is 68.4 Å². The van der Waals surface area contributed by atoms with E-state index < -0.39 is 40.9 Å². The second kappa shape index (κ2) is 7.57. The standard InChI is InChI=1S/HIO4.H3N.H2O8S2/c2-1(3,4)5;;1-9(2,3)7-8-10(4,5)6/h2H;1H3;(H,1,2,3)(H,4,5,6).